The lowest BCUT2D eigenvalue weighted by molar-refractivity contribution is -0.171. The Hall–Kier alpha value is -0.940. The highest BCUT2D eigenvalue weighted by molar-refractivity contribution is 14.0. The van der Waals surface area contributed by atoms with Crippen LogP contribution in [0.15, 0.2) is 4.99 Å². The first-order valence-corrected chi connectivity index (χ1v) is 11.9. The number of nitrogens with one attached hydrogen (secondary N) is 2. The Balaban J connectivity index is 0.00000231. The molecule has 3 heterocycles. The fourth-order valence-corrected chi connectivity index (χ4v) is 6.25. The Morgan fingerprint density at radius 3 is 2.77 bits per heavy atom. The van der Waals surface area contributed by atoms with E-state index < -0.39 is 0 Å². The Morgan fingerprint density at radius 1 is 1.26 bits per heavy atom. The maximum absolute atomic E-state index is 6.11. The molecule has 5 rings (SSSR count). The second-order valence-corrected chi connectivity index (χ2v) is 9.65. The molecule has 31 heavy (non-hydrogen) atoms. The van der Waals surface area contributed by atoms with E-state index >= 15 is 0 Å². The minimum absolute atomic E-state index is 0. The highest BCUT2D eigenvalue weighted by Crippen LogP contribution is 2.62. The maximum atomic E-state index is 6.11. The first-order chi connectivity index (χ1) is 14.6. The molecule has 2 saturated heterocycles. The van der Waals surface area contributed by atoms with E-state index in [0.29, 0.717) is 36.1 Å². The zero-order valence-electron chi connectivity index (χ0n) is 19.1. The highest BCUT2D eigenvalue weighted by Gasteiger charge is 2.66. The molecule has 0 amide bonds. The van der Waals surface area contributed by atoms with Gasteiger partial charge >= 0.3 is 0 Å². The van der Waals surface area contributed by atoms with E-state index in [1.54, 1.807) is 0 Å². The van der Waals surface area contributed by atoms with E-state index in [4.69, 9.17) is 9.73 Å². The predicted octanol–water partition coefficient (Wildman–Crippen LogP) is 2.22. The maximum Gasteiger partial charge on any atom is 0.192 e. The van der Waals surface area contributed by atoms with Gasteiger partial charge in [0.25, 0.3) is 0 Å². The van der Waals surface area contributed by atoms with Gasteiger partial charge in [0.15, 0.2) is 11.8 Å². The van der Waals surface area contributed by atoms with E-state index in [-0.39, 0.29) is 24.0 Å². The van der Waals surface area contributed by atoms with E-state index in [9.17, 15) is 0 Å². The number of guanidine groups is 1. The number of ether oxygens (including phenoxy) is 1. The second-order valence-electron chi connectivity index (χ2n) is 9.65. The first kappa shape index (κ1) is 23.2. The molecule has 2 aliphatic carbocycles. The quantitative estimate of drug-likeness (QED) is 0.326. The van der Waals surface area contributed by atoms with Crippen molar-refractivity contribution in [1.29, 1.82) is 0 Å². The van der Waals surface area contributed by atoms with Gasteiger partial charge in [-0.15, -0.1) is 34.2 Å². The summed E-state index contributed by atoms with van der Waals surface area (Å²) < 4.78 is 8.13. The Bertz CT molecular complexity index is 793. The lowest BCUT2D eigenvalue weighted by Gasteiger charge is -2.63. The van der Waals surface area contributed by atoms with Crippen LogP contribution in [0.25, 0.3) is 0 Å². The summed E-state index contributed by atoms with van der Waals surface area (Å²) in [5, 5.41) is 16.0. The molecule has 2 N–H and O–H groups in total. The van der Waals surface area contributed by atoms with Crippen LogP contribution in [-0.4, -0.2) is 70.1 Å². The molecule has 4 fully saturated rings. The monoisotopic (exact) mass is 543 g/mol. The van der Waals surface area contributed by atoms with Crippen LogP contribution in [0.3, 0.4) is 0 Å². The number of fused-ring (bicyclic) bond motifs is 2. The van der Waals surface area contributed by atoms with E-state index in [1.165, 1.54) is 45.1 Å². The van der Waals surface area contributed by atoms with Crippen LogP contribution in [0, 0.1) is 18.3 Å². The van der Waals surface area contributed by atoms with Crippen molar-refractivity contribution in [1.82, 2.24) is 30.3 Å². The molecular formula is C22H38IN7O. The van der Waals surface area contributed by atoms with Crippen molar-refractivity contribution in [2.45, 2.75) is 77.1 Å². The van der Waals surface area contributed by atoms with Crippen LogP contribution >= 0.6 is 24.0 Å². The van der Waals surface area contributed by atoms with Gasteiger partial charge in [-0.3, -0.25) is 4.90 Å². The van der Waals surface area contributed by atoms with Crippen molar-refractivity contribution in [3.63, 3.8) is 0 Å². The SMILES string of the molecule is CCN1CCCC1CNC(=NCc1nnc(C)n1C)NC1C2CCOC2C12CCC2.I. The lowest BCUT2D eigenvalue weighted by Crippen LogP contribution is -2.72. The zero-order chi connectivity index (χ0) is 20.7. The smallest absolute Gasteiger partial charge is 0.192 e. The molecule has 9 heteroatoms. The first-order valence-electron chi connectivity index (χ1n) is 11.9. The molecule has 4 aliphatic rings. The number of likely N-dealkylation sites (tertiary alicyclic amines) is 1. The van der Waals surface area contributed by atoms with Gasteiger partial charge in [0.2, 0.25) is 0 Å². The Kier molecular flexibility index (Phi) is 7.12. The van der Waals surface area contributed by atoms with Crippen molar-refractivity contribution in [2.24, 2.45) is 23.4 Å². The third-order valence-electron chi connectivity index (χ3n) is 8.30. The lowest BCUT2D eigenvalue weighted by atomic mass is 9.46. The molecule has 4 atom stereocenters. The second kappa shape index (κ2) is 9.51. The third-order valence-corrected chi connectivity index (χ3v) is 8.30. The summed E-state index contributed by atoms with van der Waals surface area (Å²) in [7, 11) is 2.01. The number of rotatable bonds is 6. The molecule has 8 nitrogen and oxygen atoms in total. The molecule has 2 saturated carbocycles. The number of aryl methyl sites for hydroxylation is 1. The van der Waals surface area contributed by atoms with Gasteiger partial charge in [-0.2, -0.15) is 0 Å². The average Bonchev–Trinajstić information content (AvgIpc) is 3.41. The van der Waals surface area contributed by atoms with Crippen LogP contribution in [0.4, 0.5) is 0 Å². The predicted molar refractivity (Wildman–Crippen MR) is 132 cm³/mol. The summed E-state index contributed by atoms with van der Waals surface area (Å²) in [4.78, 5) is 7.53. The van der Waals surface area contributed by atoms with Gasteiger partial charge in [-0.05, 0) is 52.1 Å². The number of nitrogens with zero attached hydrogens (tertiary/aromatic N) is 5. The van der Waals surface area contributed by atoms with Gasteiger partial charge in [-0.1, -0.05) is 13.3 Å². The van der Waals surface area contributed by atoms with Crippen molar-refractivity contribution in [3.05, 3.63) is 11.6 Å². The number of likely N-dealkylation sites (N-methyl/N-ethyl adjacent to an activating group) is 1. The van der Waals surface area contributed by atoms with Crippen LogP contribution in [0.2, 0.25) is 0 Å². The third kappa shape index (κ3) is 4.10. The van der Waals surface area contributed by atoms with E-state index in [1.807, 2.05) is 18.5 Å². The molecule has 1 aromatic rings. The molecule has 174 valence electrons. The van der Waals surface area contributed by atoms with Crippen molar-refractivity contribution >= 4 is 29.9 Å². The van der Waals surface area contributed by atoms with Gasteiger partial charge in [0.1, 0.15) is 12.4 Å². The topological polar surface area (TPSA) is 79.6 Å². The minimum Gasteiger partial charge on any atom is -0.377 e. The number of hydrogen-bond acceptors (Lipinski definition) is 5. The number of hydrogen-bond donors (Lipinski definition) is 2. The number of aromatic nitrogens is 3. The molecule has 0 aromatic carbocycles. The molecule has 0 radical (unpaired) electrons. The summed E-state index contributed by atoms with van der Waals surface area (Å²) in [6.45, 7) is 8.98. The van der Waals surface area contributed by atoms with Crippen LogP contribution in [0.5, 0.6) is 0 Å². The van der Waals surface area contributed by atoms with Crippen molar-refractivity contribution in [3.8, 4) is 0 Å². The summed E-state index contributed by atoms with van der Waals surface area (Å²) in [6, 6.07) is 1.08. The zero-order valence-corrected chi connectivity index (χ0v) is 21.5. The normalized spacial score (nSPS) is 31.6. The summed E-state index contributed by atoms with van der Waals surface area (Å²) >= 11 is 0. The van der Waals surface area contributed by atoms with Crippen LogP contribution < -0.4 is 10.6 Å². The Labute approximate surface area is 203 Å². The highest BCUT2D eigenvalue weighted by atomic mass is 127. The van der Waals surface area contributed by atoms with E-state index in [0.717, 1.165) is 37.3 Å². The minimum atomic E-state index is 0. The summed E-state index contributed by atoms with van der Waals surface area (Å²) in [6.07, 6.45) is 8.11. The van der Waals surface area contributed by atoms with Crippen LogP contribution in [0.1, 0.15) is 57.1 Å². The molecule has 4 unspecified atom stereocenters. The number of halogens is 1. The Morgan fingerprint density at radius 2 is 2.10 bits per heavy atom. The summed E-state index contributed by atoms with van der Waals surface area (Å²) in [5.41, 5.74) is 0.341. The fraction of sp³-hybridized carbons (Fsp3) is 0.864. The molecule has 2 aliphatic heterocycles. The van der Waals surface area contributed by atoms with Crippen LogP contribution in [-0.2, 0) is 18.3 Å². The average molecular weight is 543 g/mol. The molecular weight excluding hydrogens is 505 g/mol. The van der Waals surface area contributed by atoms with E-state index in [2.05, 4.69) is 32.7 Å². The summed E-state index contributed by atoms with van der Waals surface area (Å²) in [5.74, 6) is 3.39. The molecule has 0 bridgehead atoms. The largest absolute Gasteiger partial charge is 0.377 e. The van der Waals surface area contributed by atoms with Gasteiger partial charge < -0.3 is 19.9 Å². The van der Waals surface area contributed by atoms with Crippen molar-refractivity contribution < 1.29 is 4.74 Å². The van der Waals surface area contributed by atoms with Gasteiger partial charge in [0, 0.05) is 43.6 Å². The standard InChI is InChI=1S/C22H37N7O.HI/c1-4-29-11-5-7-16(29)13-23-21(24-14-18-27-26-15(2)28(18)3)25-19-17-8-12-30-20(17)22(19)9-6-10-22;/h16-17,19-20H,4-14H2,1-3H3,(H2,23,24,25);1H. The molecule has 1 spiro atoms. The van der Waals surface area contributed by atoms with Gasteiger partial charge in [0.05, 0.1) is 6.10 Å². The molecule has 1 aromatic heterocycles. The number of aliphatic imine (C=N–C) groups is 1. The fourth-order valence-electron chi connectivity index (χ4n) is 6.25. The van der Waals surface area contributed by atoms with Gasteiger partial charge in [-0.25, -0.2) is 4.99 Å². The van der Waals surface area contributed by atoms with Crippen molar-refractivity contribution in [2.75, 3.05) is 26.2 Å².